The van der Waals surface area contributed by atoms with E-state index in [0.29, 0.717) is 0 Å². The number of carbonyl (C=O) groups excluding carboxylic acids is 1. The highest BCUT2D eigenvalue weighted by Gasteiger charge is 2.16. The number of carbonyl (C=O) groups is 1. The molecule has 1 aromatic heterocycles. The smallest absolute Gasteiger partial charge is 0.311 e. The normalized spacial score (nSPS) is 9.67. The van der Waals surface area contributed by atoms with Crippen LogP contribution in [0.2, 0.25) is 0 Å². The third-order valence-electron chi connectivity index (χ3n) is 2.10. The second kappa shape index (κ2) is 6.38. The van der Waals surface area contributed by atoms with Crippen LogP contribution in [0.25, 0.3) is 0 Å². The molecule has 8 nitrogen and oxygen atoms in total. The number of hydrogen-bond acceptors (Lipinski definition) is 7. The van der Waals surface area contributed by atoms with Crippen molar-refractivity contribution in [1.29, 1.82) is 0 Å². The Kier molecular flexibility index (Phi) is 4.85. The number of esters is 1. The number of methoxy groups -OCH3 is 2. The molecular formula is C10H13N3O5. The Bertz CT molecular complexity index is 449. The van der Waals surface area contributed by atoms with Gasteiger partial charge in [0.2, 0.25) is 11.7 Å². The molecule has 1 aromatic rings. The zero-order valence-corrected chi connectivity index (χ0v) is 10.0. The lowest BCUT2D eigenvalue weighted by Crippen LogP contribution is -2.12. The topological polar surface area (TPSA) is 104 Å². The summed E-state index contributed by atoms with van der Waals surface area (Å²) < 4.78 is 9.33. The highest BCUT2D eigenvalue weighted by atomic mass is 16.6. The van der Waals surface area contributed by atoms with Crippen molar-refractivity contribution < 1.29 is 19.2 Å². The Morgan fingerprint density at radius 2 is 2.22 bits per heavy atom. The van der Waals surface area contributed by atoms with Gasteiger partial charge in [-0.25, -0.2) is 0 Å². The summed E-state index contributed by atoms with van der Waals surface area (Å²) in [7, 11) is 2.68. The first kappa shape index (κ1) is 13.7. The van der Waals surface area contributed by atoms with Crippen LogP contribution >= 0.6 is 0 Å². The van der Waals surface area contributed by atoms with Crippen molar-refractivity contribution >= 4 is 17.5 Å². The van der Waals surface area contributed by atoms with Crippen molar-refractivity contribution in [3.63, 3.8) is 0 Å². The monoisotopic (exact) mass is 255 g/mol. The van der Waals surface area contributed by atoms with Gasteiger partial charge in [0.15, 0.2) is 0 Å². The lowest BCUT2D eigenvalue weighted by molar-refractivity contribution is -0.384. The Morgan fingerprint density at radius 1 is 1.50 bits per heavy atom. The van der Waals surface area contributed by atoms with E-state index in [2.05, 4.69) is 15.0 Å². The highest BCUT2D eigenvalue weighted by Crippen LogP contribution is 2.24. The van der Waals surface area contributed by atoms with Crippen LogP contribution < -0.4 is 10.1 Å². The Hall–Kier alpha value is -2.38. The van der Waals surface area contributed by atoms with E-state index in [0.717, 1.165) is 0 Å². The maximum Gasteiger partial charge on any atom is 0.311 e. The molecule has 0 aromatic carbocycles. The molecular weight excluding hydrogens is 242 g/mol. The molecule has 0 aliphatic rings. The lowest BCUT2D eigenvalue weighted by Gasteiger charge is -2.06. The number of anilines is 1. The molecule has 0 aliphatic carbocycles. The summed E-state index contributed by atoms with van der Waals surface area (Å²) >= 11 is 0. The molecule has 0 spiro atoms. The lowest BCUT2D eigenvalue weighted by atomic mass is 10.3. The fourth-order valence-corrected chi connectivity index (χ4v) is 1.21. The largest absolute Gasteiger partial charge is 0.481 e. The molecule has 1 heterocycles. The van der Waals surface area contributed by atoms with E-state index in [1.165, 1.54) is 26.4 Å². The maximum atomic E-state index is 10.9. The van der Waals surface area contributed by atoms with Crippen molar-refractivity contribution in [2.24, 2.45) is 0 Å². The van der Waals surface area contributed by atoms with Crippen molar-refractivity contribution in [2.75, 3.05) is 26.1 Å². The average Bonchev–Trinajstić information content (AvgIpc) is 2.37. The van der Waals surface area contributed by atoms with Crippen LogP contribution in [0.1, 0.15) is 6.42 Å². The van der Waals surface area contributed by atoms with Crippen molar-refractivity contribution in [3.05, 3.63) is 22.2 Å². The standard InChI is InChI=1S/C10H13N3O5/c1-17-8-4-3-7(13(15)16)10(12-8)11-6-5-9(14)18-2/h3-4H,5-6H2,1-2H3,(H,11,12). The average molecular weight is 255 g/mol. The minimum absolute atomic E-state index is 0.0586. The molecule has 0 bridgehead atoms. The van der Waals surface area contributed by atoms with Crippen molar-refractivity contribution in [1.82, 2.24) is 4.98 Å². The minimum Gasteiger partial charge on any atom is -0.481 e. The minimum atomic E-state index is -0.563. The summed E-state index contributed by atoms with van der Waals surface area (Å²) in [5.41, 5.74) is -0.180. The van der Waals surface area contributed by atoms with Crippen molar-refractivity contribution in [3.8, 4) is 5.88 Å². The molecule has 1 rings (SSSR count). The van der Waals surface area contributed by atoms with Gasteiger partial charge in [0, 0.05) is 18.7 Å². The van der Waals surface area contributed by atoms with Crippen LogP contribution in [0.4, 0.5) is 11.5 Å². The summed E-state index contributed by atoms with van der Waals surface area (Å²) in [5.74, 6) is -0.0996. The molecule has 0 atom stereocenters. The van der Waals surface area contributed by atoms with E-state index >= 15 is 0 Å². The van der Waals surface area contributed by atoms with Gasteiger partial charge in [0.1, 0.15) is 0 Å². The molecule has 0 aliphatic heterocycles. The zero-order chi connectivity index (χ0) is 13.5. The van der Waals surface area contributed by atoms with Crippen molar-refractivity contribution in [2.45, 2.75) is 6.42 Å². The molecule has 0 saturated heterocycles. The van der Waals surface area contributed by atoms with Gasteiger partial charge in [0.05, 0.1) is 25.6 Å². The molecule has 8 heteroatoms. The number of rotatable bonds is 6. The van der Waals surface area contributed by atoms with E-state index in [-0.39, 0.29) is 30.4 Å². The van der Waals surface area contributed by atoms with Gasteiger partial charge in [-0.2, -0.15) is 4.98 Å². The molecule has 0 unspecified atom stereocenters. The number of nitro groups is 1. The summed E-state index contributed by atoms with van der Waals surface area (Å²) in [5, 5.41) is 13.5. The fraction of sp³-hybridized carbons (Fsp3) is 0.400. The van der Waals surface area contributed by atoms with Gasteiger partial charge in [0.25, 0.3) is 0 Å². The molecule has 98 valence electrons. The second-order valence-electron chi connectivity index (χ2n) is 3.23. The van der Waals surface area contributed by atoms with Gasteiger partial charge < -0.3 is 14.8 Å². The molecule has 0 fully saturated rings. The zero-order valence-electron chi connectivity index (χ0n) is 10.0. The van der Waals surface area contributed by atoms with Crippen LogP contribution in [0, 0.1) is 10.1 Å². The van der Waals surface area contributed by atoms with Gasteiger partial charge in [-0.3, -0.25) is 14.9 Å². The maximum absolute atomic E-state index is 10.9. The first-order valence-electron chi connectivity index (χ1n) is 5.08. The molecule has 0 saturated carbocycles. The van der Waals surface area contributed by atoms with E-state index in [1.807, 2.05) is 0 Å². The van der Waals surface area contributed by atoms with Crippen LogP contribution in [-0.4, -0.2) is 36.6 Å². The van der Waals surface area contributed by atoms with E-state index < -0.39 is 10.9 Å². The van der Waals surface area contributed by atoms with E-state index in [1.54, 1.807) is 0 Å². The van der Waals surface area contributed by atoms with Crippen LogP contribution in [0.3, 0.4) is 0 Å². The molecule has 1 N–H and O–H groups in total. The number of ether oxygens (including phenoxy) is 2. The summed E-state index contributed by atoms with van der Waals surface area (Å²) in [4.78, 5) is 25.0. The number of aromatic nitrogens is 1. The number of hydrogen-bond donors (Lipinski definition) is 1. The molecule has 0 radical (unpaired) electrons. The van der Waals surface area contributed by atoms with Crippen LogP contribution in [0.15, 0.2) is 12.1 Å². The van der Waals surface area contributed by atoms with Crippen LogP contribution in [0.5, 0.6) is 5.88 Å². The summed E-state index contributed by atoms with van der Waals surface area (Å²) in [6.07, 6.45) is 0.0898. The highest BCUT2D eigenvalue weighted by molar-refractivity contribution is 5.70. The summed E-state index contributed by atoms with van der Waals surface area (Å²) in [6, 6.07) is 2.68. The number of nitrogens with zero attached hydrogens (tertiary/aromatic N) is 2. The number of pyridine rings is 1. The fourth-order valence-electron chi connectivity index (χ4n) is 1.21. The second-order valence-corrected chi connectivity index (χ2v) is 3.23. The SMILES string of the molecule is COC(=O)CCNc1nc(OC)ccc1[N+](=O)[O-]. The Balaban J connectivity index is 2.78. The van der Waals surface area contributed by atoms with Crippen LogP contribution in [-0.2, 0) is 9.53 Å². The Labute approximate surface area is 103 Å². The first-order chi connectivity index (χ1) is 8.58. The van der Waals surface area contributed by atoms with Gasteiger partial charge in [-0.05, 0) is 0 Å². The molecule has 18 heavy (non-hydrogen) atoms. The van der Waals surface area contributed by atoms with Gasteiger partial charge in [-0.1, -0.05) is 0 Å². The Morgan fingerprint density at radius 3 is 2.78 bits per heavy atom. The quantitative estimate of drug-likeness (QED) is 0.459. The summed E-state index contributed by atoms with van der Waals surface area (Å²) in [6.45, 7) is 0.188. The third kappa shape index (κ3) is 3.58. The third-order valence-corrected chi connectivity index (χ3v) is 2.10. The van der Waals surface area contributed by atoms with Gasteiger partial charge >= 0.3 is 11.7 Å². The molecule has 0 amide bonds. The van der Waals surface area contributed by atoms with Gasteiger partial charge in [-0.15, -0.1) is 0 Å². The first-order valence-corrected chi connectivity index (χ1v) is 5.08. The van der Waals surface area contributed by atoms with E-state index in [4.69, 9.17) is 4.74 Å². The number of nitrogens with one attached hydrogen (secondary N) is 1. The predicted molar refractivity (Wildman–Crippen MR) is 62.6 cm³/mol. The predicted octanol–water partition coefficient (Wildman–Crippen LogP) is 0.973. The van der Waals surface area contributed by atoms with E-state index in [9.17, 15) is 14.9 Å².